The van der Waals surface area contributed by atoms with Crippen LogP contribution in [0.4, 0.5) is 0 Å². The lowest BCUT2D eigenvalue weighted by Gasteiger charge is -2.36. The third-order valence-electron chi connectivity index (χ3n) is 13.6. The van der Waals surface area contributed by atoms with Gasteiger partial charge in [0.1, 0.15) is 13.1 Å². The summed E-state index contributed by atoms with van der Waals surface area (Å²) in [4.78, 5) is 20.4. The summed E-state index contributed by atoms with van der Waals surface area (Å²) in [5.74, 6) is 1.63. The summed E-state index contributed by atoms with van der Waals surface area (Å²) in [6.07, 6.45) is 55.0. The lowest BCUT2D eigenvalue weighted by atomic mass is 10.0. The number of hydrogen-bond acceptors (Lipinski definition) is 3. The minimum Gasteiger partial charge on any atom is -0.336 e. The Hall–Kier alpha value is -1.41. The average molecular weight is 812 g/mol. The monoisotopic (exact) mass is 812 g/mol. The molecule has 0 radical (unpaired) electrons. The number of nitriles is 1. The number of rotatable bonds is 46. The molecule has 0 aromatic rings. The summed E-state index contributed by atoms with van der Waals surface area (Å²) in [7, 11) is 0. The average Bonchev–Trinajstić information content (AvgIpc) is 3.65. The van der Waals surface area contributed by atoms with Gasteiger partial charge in [0.2, 0.25) is 5.91 Å². The van der Waals surface area contributed by atoms with E-state index in [2.05, 4.69) is 26.8 Å². The molecule has 0 saturated carbocycles. The lowest BCUT2D eigenvalue weighted by Crippen LogP contribution is -2.54. The molecule has 1 unspecified atom stereocenters. The van der Waals surface area contributed by atoms with Gasteiger partial charge in [0.25, 0.3) is 0 Å². The van der Waals surface area contributed by atoms with Crippen molar-refractivity contribution in [2.75, 3.05) is 39.3 Å². The van der Waals surface area contributed by atoms with Crippen molar-refractivity contribution in [3.63, 3.8) is 0 Å². The number of carbonyl (C=O) groups excluding carboxylic acids is 1. The predicted molar refractivity (Wildman–Crippen MR) is 256 cm³/mol. The van der Waals surface area contributed by atoms with Gasteiger partial charge in [0.05, 0.1) is 32.1 Å². The zero-order valence-electron chi connectivity index (χ0n) is 39.9. The molecule has 0 aromatic carbocycles. The number of likely N-dealkylation sites (N-methyl/N-ethyl adjacent to an activating group) is 1. The molecule has 0 N–H and O–H groups in total. The van der Waals surface area contributed by atoms with Crippen molar-refractivity contribution >= 4 is 11.7 Å². The fourth-order valence-corrected chi connectivity index (χ4v) is 9.44. The molecule has 58 heavy (non-hydrogen) atoms. The van der Waals surface area contributed by atoms with Crippen molar-refractivity contribution in [1.29, 1.82) is 5.26 Å². The van der Waals surface area contributed by atoms with E-state index in [9.17, 15) is 10.1 Å². The summed E-state index contributed by atoms with van der Waals surface area (Å²) in [5, 5.41) is 9.33. The van der Waals surface area contributed by atoms with Crippen LogP contribution in [0.1, 0.15) is 284 Å². The Morgan fingerprint density at radius 3 is 1.21 bits per heavy atom. The van der Waals surface area contributed by atoms with Crippen LogP contribution in [-0.2, 0) is 4.79 Å². The molecule has 0 bridgehead atoms. The van der Waals surface area contributed by atoms with Gasteiger partial charge in [-0.25, -0.2) is 4.99 Å². The highest BCUT2D eigenvalue weighted by Crippen LogP contribution is 2.22. The quantitative estimate of drug-likeness (QED) is 0.0454. The van der Waals surface area contributed by atoms with Crippen LogP contribution in [0.25, 0.3) is 0 Å². The minimum atomic E-state index is 0.257. The highest BCUT2D eigenvalue weighted by atomic mass is 16.2. The topological polar surface area (TPSA) is 56.5 Å². The molecule has 1 heterocycles. The molecular weight excluding hydrogens is 709 g/mol. The van der Waals surface area contributed by atoms with Crippen molar-refractivity contribution in [2.24, 2.45) is 4.99 Å². The first-order valence-electron chi connectivity index (χ1n) is 26.7. The Kier molecular flexibility index (Phi) is 39.8. The van der Waals surface area contributed by atoms with E-state index in [1.165, 1.54) is 237 Å². The number of amides is 1. The molecule has 1 rings (SSSR count). The van der Waals surface area contributed by atoms with E-state index >= 15 is 0 Å². The number of hydrogen-bond donors (Lipinski definition) is 0. The number of quaternary nitrogens is 1. The van der Waals surface area contributed by atoms with Gasteiger partial charge in [0.15, 0.2) is 5.84 Å². The maximum absolute atomic E-state index is 13.4. The summed E-state index contributed by atoms with van der Waals surface area (Å²) >= 11 is 0. The molecule has 0 spiro atoms. The van der Waals surface area contributed by atoms with Crippen molar-refractivity contribution < 1.29 is 9.28 Å². The van der Waals surface area contributed by atoms with Gasteiger partial charge < -0.3 is 4.90 Å². The first-order valence-corrected chi connectivity index (χ1v) is 26.7. The van der Waals surface area contributed by atoms with Gasteiger partial charge in [-0.3, -0.25) is 9.28 Å². The maximum Gasteiger partial charge on any atom is 0.222 e. The first kappa shape index (κ1) is 54.6. The SMILES string of the molecule is CCCCCCCCCCCCCCCCCCCCCC(=O)N(CCC#N)CC[N+]1(CC)CCN=C1CCCCCCCCCCCCCCCCCCCCC. The van der Waals surface area contributed by atoms with E-state index in [0.717, 1.165) is 56.5 Å². The fraction of sp³-hybridized carbons (Fsp3) is 0.943. The number of nitrogens with zero attached hydrogens (tertiary/aromatic N) is 4. The zero-order chi connectivity index (χ0) is 41.9. The Morgan fingerprint density at radius 1 is 0.517 bits per heavy atom. The van der Waals surface area contributed by atoms with E-state index in [1.807, 2.05) is 4.90 Å². The molecule has 1 atom stereocenters. The molecule has 0 aliphatic carbocycles. The Morgan fingerprint density at radius 2 is 0.862 bits per heavy atom. The van der Waals surface area contributed by atoms with E-state index in [4.69, 9.17) is 4.99 Å². The predicted octanol–water partition coefficient (Wildman–Crippen LogP) is 16.6. The fourth-order valence-electron chi connectivity index (χ4n) is 9.44. The standard InChI is InChI=1S/C53H103N4O/c1-4-7-9-11-13-15-17-19-21-23-25-27-29-31-33-35-37-39-41-44-52-55-47-50-57(52,6-3)51-49-56(48-43-46-54)53(58)45-42-40-38-36-34-32-30-28-26-24-22-20-18-16-14-12-10-8-5-2/h4-45,47-51H2,1-3H3/q+1. The number of amidine groups is 1. The van der Waals surface area contributed by atoms with Gasteiger partial charge in [0, 0.05) is 19.4 Å². The molecule has 0 saturated heterocycles. The van der Waals surface area contributed by atoms with Crippen molar-refractivity contribution in [1.82, 2.24) is 4.90 Å². The molecule has 0 aromatic heterocycles. The van der Waals surface area contributed by atoms with E-state index in [-0.39, 0.29) is 5.91 Å². The van der Waals surface area contributed by atoms with Crippen LogP contribution in [0, 0.1) is 11.3 Å². The second-order valence-electron chi connectivity index (χ2n) is 18.7. The Labute approximate surface area is 364 Å². The molecule has 340 valence electrons. The normalized spacial score (nSPS) is 15.2. The zero-order valence-corrected chi connectivity index (χ0v) is 39.9. The second-order valence-corrected chi connectivity index (χ2v) is 18.7. The Balaban J connectivity index is 2.10. The summed E-state index contributed by atoms with van der Waals surface area (Å²) < 4.78 is 0.953. The molecule has 1 aliphatic heterocycles. The highest BCUT2D eigenvalue weighted by molar-refractivity contribution is 5.77. The number of carbonyl (C=O) groups is 1. The van der Waals surface area contributed by atoms with E-state index < -0.39 is 0 Å². The molecule has 5 heteroatoms. The van der Waals surface area contributed by atoms with E-state index in [1.54, 1.807) is 0 Å². The van der Waals surface area contributed by atoms with Gasteiger partial charge in [-0.1, -0.05) is 245 Å². The van der Waals surface area contributed by atoms with Gasteiger partial charge in [-0.15, -0.1) is 0 Å². The Bertz CT molecular complexity index is 958. The molecule has 1 aliphatic rings. The lowest BCUT2D eigenvalue weighted by molar-refractivity contribution is -0.833. The van der Waals surface area contributed by atoms with Gasteiger partial charge in [-0.2, -0.15) is 5.26 Å². The van der Waals surface area contributed by atoms with Gasteiger partial charge >= 0.3 is 0 Å². The van der Waals surface area contributed by atoms with Crippen molar-refractivity contribution in [3.8, 4) is 6.07 Å². The summed E-state index contributed by atoms with van der Waals surface area (Å²) in [6.45, 7) is 12.2. The first-order chi connectivity index (χ1) is 28.6. The molecule has 0 fully saturated rings. The van der Waals surface area contributed by atoms with Crippen LogP contribution >= 0.6 is 0 Å². The third-order valence-corrected chi connectivity index (χ3v) is 13.6. The van der Waals surface area contributed by atoms with Crippen molar-refractivity contribution in [3.05, 3.63) is 0 Å². The second kappa shape index (κ2) is 42.3. The van der Waals surface area contributed by atoms with Crippen LogP contribution < -0.4 is 0 Å². The molecule has 1 amide bonds. The van der Waals surface area contributed by atoms with Crippen LogP contribution in [0.2, 0.25) is 0 Å². The molecular formula is C53H103N4O+. The summed E-state index contributed by atoms with van der Waals surface area (Å²) in [5.41, 5.74) is 0. The van der Waals surface area contributed by atoms with E-state index in [0.29, 0.717) is 19.4 Å². The minimum absolute atomic E-state index is 0.257. The van der Waals surface area contributed by atoms with Gasteiger partial charge in [-0.05, 0) is 19.8 Å². The smallest absolute Gasteiger partial charge is 0.222 e. The number of unbranched alkanes of at least 4 members (excludes halogenated alkanes) is 36. The van der Waals surface area contributed by atoms with Crippen LogP contribution in [0.15, 0.2) is 4.99 Å². The van der Waals surface area contributed by atoms with Crippen molar-refractivity contribution in [2.45, 2.75) is 284 Å². The third kappa shape index (κ3) is 31.5. The largest absolute Gasteiger partial charge is 0.336 e. The molecule has 5 nitrogen and oxygen atoms in total. The highest BCUT2D eigenvalue weighted by Gasteiger charge is 2.36. The maximum atomic E-state index is 13.4. The van der Waals surface area contributed by atoms with Crippen LogP contribution in [0.5, 0.6) is 0 Å². The van der Waals surface area contributed by atoms with Crippen LogP contribution in [0.3, 0.4) is 0 Å². The summed E-state index contributed by atoms with van der Waals surface area (Å²) in [6, 6.07) is 2.30. The van der Waals surface area contributed by atoms with Crippen LogP contribution in [-0.4, -0.2) is 60.4 Å². The number of aliphatic imine (C=N–C) groups is 1.